The van der Waals surface area contributed by atoms with E-state index in [4.69, 9.17) is 9.98 Å². The van der Waals surface area contributed by atoms with Gasteiger partial charge in [-0.05, 0) is 103 Å². The van der Waals surface area contributed by atoms with Crippen LogP contribution in [0.2, 0.25) is 0 Å². The van der Waals surface area contributed by atoms with Crippen molar-refractivity contribution in [3.8, 4) is 0 Å². The van der Waals surface area contributed by atoms with Crippen molar-refractivity contribution < 1.29 is 36.6 Å². The topological polar surface area (TPSA) is 99.3 Å². The molecule has 0 saturated carbocycles. The Morgan fingerprint density at radius 2 is 0.872 bits per heavy atom. The second-order valence-electron chi connectivity index (χ2n) is 10.2. The number of allylic oxidation sites excluding steroid dienone is 4. The first-order valence-electron chi connectivity index (χ1n) is 12.7. The van der Waals surface area contributed by atoms with E-state index in [0.717, 1.165) is 44.5 Å². The maximum absolute atomic E-state index is 12.3. The van der Waals surface area contributed by atoms with Gasteiger partial charge in [0, 0.05) is 29.2 Å². The summed E-state index contributed by atoms with van der Waals surface area (Å²) in [5.41, 5.74) is 8.42. The molecule has 0 aromatic heterocycles. The predicted molar refractivity (Wildman–Crippen MR) is 156 cm³/mol. The third kappa shape index (κ3) is 8.34. The number of aliphatic hydroxyl groups excluding tert-OH is 2. The molecule has 2 atom stereocenters. The summed E-state index contributed by atoms with van der Waals surface area (Å²) < 4.78 is 0. The van der Waals surface area contributed by atoms with E-state index < -0.39 is 12.1 Å². The molecule has 0 spiro atoms. The molecule has 1 radical (unpaired) electrons. The molecule has 39 heavy (non-hydrogen) atoms. The molecule has 0 unspecified atom stereocenters. The van der Waals surface area contributed by atoms with E-state index in [-0.39, 0.29) is 51.0 Å². The Balaban J connectivity index is 0.00000760. The number of aliphatic hydroxyl groups is 2. The molecule has 0 aliphatic rings. The Labute approximate surface area is 242 Å². The van der Waals surface area contributed by atoms with Crippen LogP contribution in [0.4, 0.5) is 0 Å². The Morgan fingerprint density at radius 3 is 1.08 bits per heavy atom. The number of carbonyl (C=O) groups is 2. The van der Waals surface area contributed by atoms with Crippen molar-refractivity contribution in [2.45, 2.75) is 81.3 Å². The zero-order valence-corrected chi connectivity index (χ0v) is 25.6. The summed E-state index contributed by atoms with van der Waals surface area (Å²) in [6, 6.07) is 7.15. The smallest absolute Gasteiger partial charge is 0.164 e. The van der Waals surface area contributed by atoms with Crippen molar-refractivity contribution in [2.75, 3.05) is 0 Å². The van der Waals surface area contributed by atoms with Crippen LogP contribution in [0.1, 0.15) is 84.3 Å². The Hall–Kier alpha value is -3.29. The molecule has 0 saturated heterocycles. The van der Waals surface area contributed by atoms with Crippen LogP contribution < -0.4 is 0 Å². The van der Waals surface area contributed by atoms with E-state index >= 15 is 0 Å². The fourth-order valence-electron chi connectivity index (χ4n) is 5.13. The summed E-state index contributed by atoms with van der Waals surface area (Å²) in [5, 5.41) is 20.3. The van der Waals surface area contributed by atoms with Crippen molar-refractivity contribution >= 4 is 24.0 Å². The first kappa shape index (κ1) is 33.7. The van der Waals surface area contributed by atoms with Crippen molar-refractivity contribution in [1.29, 1.82) is 0 Å². The van der Waals surface area contributed by atoms with E-state index in [1.807, 2.05) is 41.5 Å². The van der Waals surface area contributed by atoms with Crippen LogP contribution in [0, 0.1) is 41.5 Å². The zero-order valence-electron chi connectivity index (χ0n) is 24.6. The number of rotatable bonds is 9. The Kier molecular flexibility index (Phi) is 12.3. The summed E-state index contributed by atoms with van der Waals surface area (Å²) in [7, 11) is 0. The fraction of sp³-hybridized carbons (Fsp3) is 0.375. The maximum Gasteiger partial charge on any atom is 0.164 e. The predicted octanol–water partition coefficient (Wildman–Crippen LogP) is 7.30. The van der Waals surface area contributed by atoms with Gasteiger partial charge in [-0.1, -0.05) is 35.4 Å². The van der Waals surface area contributed by atoms with Gasteiger partial charge in [-0.25, -0.2) is 0 Å². The number of ketones is 2. The minimum absolute atomic E-state index is 0. The molecule has 6 nitrogen and oxygen atoms in total. The Bertz CT molecular complexity index is 1220. The van der Waals surface area contributed by atoms with Crippen molar-refractivity contribution in [2.24, 2.45) is 9.98 Å². The van der Waals surface area contributed by atoms with Crippen LogP contribution in [0.25, 0.3) is 0 Å². The van der Waals surface area contributed by atoms with Gasteiger partial charge in [-0.2, -0.15) is 0 Å². The minimum atomic E-state index is -0.590. The van der Waals surface area contributed by atoms with Crippen molar-refractivity contribution in [3.05, 3.63) is 91.4 Å². The molecule has 7 heteroatoms. The molecular weight excluding hydrogens is 535 g/mol. The van der Waals surface area contributed by atoms with Gasteiger partial charge in [0.2, 0.25) is 0 Å². The second kappa shape index (κ2) is 14.2. The summed E-state index contributed by atoms with van der Waals surface area (Å²) in [5.74, 6) is -0.828. The first-order valence-corrected chi connectivity index (χ1v) is 12.7. The fourth-order valence-corrected chi connectivity index (χ4v) is 5.13. The molecule has 2 aromatic carbocycles. The van der Waals surface area contributed by atoms with Crippen LogP contribution in [0.5, 0.6) is 0 Å². The molecule has 0 aliphatic heterocycles. The van der Waals surface area contributed by atoms with Gasteiger partial charge in [0.05, 0.1) is 11.1 Å². The number of aryl methyl sites for hydroxylation is 6. The second-order valence-corrected chi connectivity index (χ2v) is 10.2. The molecule has 2 rings (SSSR count). The molecule has 211 valence electrons. The third-order valence-electron chi connectivity index (χ3n) is 6.63. The largest absolute Gasteiger partial charge is 0.512 e. The van der Waals surface area contributed by atoms with Crippen LogP contribution in [-0.2, 0) is 26.4 Å². The molecule has 2 aromatic rings. The van der Waals surface area contributed by atoms with Crippen LogP contribution in [0.3, 0.4) is 0 Å². The molecule has 0 heterocycles. The van der Waals surface area contributed by atoms with Gasteiger partial charge < -0.3 is 10.2 Å². The minimum Gasteiger partial charge on any atom is -0.512 e. The number of hydrogen-bond donors (Lipinski definition) is 2. The molecule has 0 amide bonds. The number of nitrogens with zero attached hydrogens (tertiary/aromatic N) is 2. The average molecular weight is 576 g/mol. The number of benzene rings is 2. The molecule has 0 bridgehead atoms. The van der Waals surface area contributed by atoms with E-state index in [9.17, 15) is 19.8 Å². The summed E-state index contributed by atoms with van der Waals surface area (Å²) in [4.78, 5) is 34.3. The van der Waals surface area contributed by atoms with Crippen LogP contribution in [-0.4, -0.2) is 34.2 Å². The molecule has 0 fully saturated rings. The summed E-state index contributed by atoms with van der Waals surface area (Å²) >= 11 is 0. The summed E-state index contributed by atoms with van der Waals surface area (Å²) in [6.07, 6.45) is 2.84. The average Bonchev–Trinajstić information content (AvgIpc) is 2.74. The van der Waals surface area contributed by atoms with Gasteiger partial charge >= 0.3 is 0 Å². The molecule has 2 N–H and O–H groups in total. The third-order valence-corrected chi connectivity index (χ3v) is 6.63. The zero-order chi connectivity index (χ0) is 28.9. The maximum atomic E-state index is 12.3. The van der Waals surface area contributed by atoms with Crippen LogP contribution in [0.15, 0.2) is 56.9 Å². The van der Waals surface area contributed by atoms with Crippen molar-refractivity contribution in [3.63, 3.8) is 0 Å². The number of hydrogen-bond acceptors (Lipinski definition) is 6. The van der Waals surface area contributed by atoms with Gasteiger partial charge in [0.1, 0.15) is 23.6 Å². The van der Waals surface area contributed by atoms with E-state index in [1.165, 1.54) is 40.1 Å². The first-order chi connectivity index (χ1) is 17.6. The van der Waals surface area contributed by atoms with Crippen LogP contribution >= 0.6 is 0 Å². The van der Waals surface area contributed by atoms with Gasteiger partial charge in [0.15, 0.2) is 11.6 Å². The standard InChI is InChI=1S/C32H40N2O4.Co/c1-17-11-19(3)29(20(4)12-17)31(33-15-27(23(7)35)24(8)36)32(34-16-28(25(9)37)26(10)38)30-21(5)13-18(2)14-22(30)6;/h11-16,31-32,35,37H,1-10H3;/t31-,32-;/m0./s1. The van der Waals surface area contributed by atoms with Gasteiger partial charge in [0.25, 0.3) is 0 Å². The van der Waals surface area contributed by atoms with Gasteiger partial charge in [-0.3, -0.25) is 19.6 Å². The number of Topliss-reactive ketones (excluding diaryl/α,β-unsaturated/α-hetero) is 2. The SMILES string of the molecule is CC(=O)C(C=N[C@@H](c1c(C)cc(C)cc1C)[C@@H](N=CC(C(C)=O)=C(C)O)c1c(C)cc(C)cc1C)=C(C)O.[Co]. The molecule has 0 aliphatic carbocycles. The monoisotopic (exact) mass is 575 g/mol. The Morgan fingerprint density at radius 1 is 0.615 bits per heavy atom. The van der Waals surface area contributed by atoms with E-state index in [0.29, 0.717) is 0 Å². The molecular formula is C32H40CoN2O4. The number of aliphatic imine (C=N–C) groups is 2. The van der Waals surface area contributed by atoms with E-state index in [1.54, 1.807) is 0 Å². The number of carbonyl (C=O) groups excluding carboxylic acids is 2. The normalized spacial score (nSPS) is 14.5. The van der Waals surface area contributed by atoms with Gasteiger partial charge in [-0.15, -0.1) is 0 Å². The van der Waals surface area contributed by atoms with Crippen molar-refractivity contribution in [1.82, 2.24) is 0 Å². The summed E-state index contributed by atoms with van der Waals surface area (Å²) in [6.45, 7) is 17.8. The quantitative estimate of drug-likeness (QED) is 0.186. The van der Waals surface area contributed by atoms with E-state index in [2.05, 4.69) is 24.3 Å².